The molecule has 0 saturated carbocycles. The van der Waals surface area contributed by atoms with Crippen LogP contribution in [0.3, 0.4) is 0 Å². The number of ether oxygens (including phenoxy) is 1. The molecule has 1 N–H and O–H groups in total. The lowest BCUT2D eigenvalue weighted by Gasteiger charge is -1.99. The van der Waals surface area contributed by atoms with Gasteiger partial charge in [-0.2, -0.15) is 0 Å². The van der Waals surface area contributed by atoms with Gasteiger partial charge in [0, 0.05) is 12.1 Å². The summed E-state index contributed by atoms with van der Waals surface area (Å²) in [5.74, 6) is -0.404. The monoisotopic (exact) mass is 168 g/mol. The van der Waals surface area contributed by atoms with Gasteiger partial charge in [0.2, 0.25) is 0 Å². The highest BCUT2D eigenvalue weighted by Crippen LogP contribution is 2.04. The molecule has 4 heteroatoms. The number of aliphatic carboxylic acids is 1. The summed E-state index contributed by atoms with van der Waals surface area (Å²) in [6, 6.07) is 3.42. The van der Waals surface area contributed by atoms with Crippen molar-refractivity contribution in [2.45, 2.75) is 0 Å². The smallest absolute Gasteiger partial charge is 0.341 e. The number of aryl methyl sites for hydroxylation is 1. The van der Waals surface area contributed by atoms with Crippen molar-refractivity contribution in [3.63, 3.8) is 0 Å². The zero-order valence-corrected chi connectivity index (χ0v) is 6.73. The van der Waals surface area contributed by atoms with E-state index in [0.717, 1.165) is 0 Å². The lowest BCUT2D eigenvalue weighted by Crippen LogP contribution is -2.25. The van der Waals surface area contributed by atoms with Crippen LogP contribution in [0.2, 0.25) is 0 Å². The number of carboxylic acid groups (broad SMARTS) is 1. The minimum absolute atomic E-state index is 0.298. The van der Waals surface area contributed by atoms with E-state index in [0.29, 0.717) is 5.75 Å². The molecule has 0 aromatic carbocycles. The Morgan fingerprint density at radius 2 is 2.17 bits per heavy atom. The molecule has 0 bridgehead atoms. The first-order chi connectivity index (χ1) is 5.68. The van der Waals surface area contributed by atoms with Gasteiger partial charge >= 0.3 is 5.97 Å². The van der Waals surface area contributed by atoms with E-state index in [1.54, 1.807) is 24.5 Å². The molecule has 0 fully saturated rings. The van der Waals surface area contributed by atoms with Gasteiger partial charge in [-0.3, -0.25) is 0 Å². The second-order valence-electron chi connectivity index (χ2n) is 2.38. The summed E-state index contributed by atoms with van der Waals surface area (Å²) < 4.78 is 6.75. The van der Waals surface area contributed by atoms with E-state index in [4.69, 9.17) is 9.84 Å². The van der Waals surface area contributed by atoms with Gasteiger partial charge in [-0.25, -0.2) is 9.36 Å². The summed E-state index contributed by atoms with van der Waals surface area (Å²) in [6.45, 7) is -0.298. The van der Waals surface area contributed by atoms with Gasteiger partial charge in [0.05, 0.1) is 0 Å². The number of hydrogen-bond acceptors (Lipinski definition) is 2. The number of hydrogen-bond donors (Lipinski definition) is 1. The van der Waals surface area contributed by atoms with Crippen LogP contribution in [0.5, 0.6) is 5.75 Å². The molecule has 0 unspecified atom stereocenters. The maximum absolute atomic E-state index is 10.1. The maximum atomic E-state index is 10.1. The standard InChI is InChI=1S/C8H9NO3/c1-9-4-2-7(3-5-9)12-6-8(10)11/h2-5H,6H2,1H3/p+1. The fraction of sp³-hybridized carbons (Fsp3) is 0.250. The summed E-state index contributed by atoms with van der Waals surface area (Å²) in [4.78, 5) is 10.1. The quantitative estimate of drug-likeness (QED) is 0.645. The largest absolute Gasteiger partial charge is 0.481 e. The number of carboxylic acids is 1. The summed E-state index contributed by atoms with van der Waals surface area (Å²) in [5, 5.41) is 8.30. The lowest BCUT2D eigenvalue weighted by molar-refractivity contribution is -0.671. The predicted molar refractivity (Wildman–Crippen MR) is 40.7 cm³/mol. The van der Waals surface area contributed by atoms with Crippen LogP contribution in [-0.4, -0.2) is 17.7 Å². The Balaban J connectivity index is 2.53. The van der Waals surface area contributed by atoms with Crippen molar-refractivity contribution in [1.82, 2.24) is 0 Å². The first-order valence-electron chi connectivity index (χ1n) is 3.48. The van der Waals surface area contributed by atoms with Gasteiger partial charge < -0.3 is 9.84 Å². The summed E-state index contributed by atoms with van der Waals surface area (Å²) in [5.41, 5.74) is 0. The van der Waals surface area contributed by atoms with Gasteiger partial charge in [0.1, 0.15) is 12.8 Å². The minimum Gasteiger partial charge on any atom is -0.481 e. The van der Waals surface area contributed by atoms with Crippen LogP contribution in [0.15, 0.2) is 24.5 Å². The van der Waals surface area contributed by atoms with Gasteiger partial charge in [-0.1, -0.05) is 0 Å². The molecule has 0 saturated heterocycles. The Labute approximate surface area is 70.0 Å². The van der Waals surface area contributed by atoms with E-state index < -0.39 is 5.97 Å². The molecule has 0 amide bonds. The third-order valence-electron chi connectivity index (χ3n) is 1.31. The number of carbonyl (C=O) groups is 1. The predicted octanol–water partition coefficient (Wildman–Crippen LogP) is -0.0255. The van der Waals surface area contributed by atoms with Gasteiger partial charge in [0.15, 0.2) is 19.0 Å². The van der Waals surface area contributed by atoms with Crippen LogP contribution in [-0.2, 0) is 11.8 Å². The molecule has 1 aromatic heterocycles. The van der Waals surface area contributed by atoms with Gasteiger partial charge in [-0.15, -0.1) is 0 Å². The molecule has 1 heterocycles. The van der Waals surface area contributed by atoms with Crippen molar-refractivity contribution in [3.05, 3.63) is 24.5 Å². The Morgan fingerprint density at radius 1 is 1.58 bits per heavy atom. The molecule has 64 valence electrons. The number of rotatable bonds is 3. The van der Waals surface area contributed by atoms with Gasteiger partial charge in [0.25, 0.3) is 0 Å². The summed E-state index contributed by atoms with van der Waals surface area (Å²) in [7, 11) is 1.88. The van der Waals surface area contributed by atoms with E-state index >= 15 is 0 Å². The molecule has 0 aliphatic carbocycles. The second kappa shape index (κ2) is 3.71. The van der Waals surface area contributed by atoms with Crippen LogP contribution < -0.4 is 9.30 Å². The Morgan fingerprint density at radius 3 is 2.67 bits per heavy atom. The molecule has 0 radical (unpaired) electrons. The Kier molecular flexibility index (Phi) is 2.63. The highest BCUT2D eigenvalue weighted by atomic mass is 16.5. The molecule has 4 nitrogen and oxygen atoms in total. The van der Waals surface area contributed by atoms with Crippen LogP contribution >= 0.6 is 0 Å². The highest BCUT2D eigenvalue weighted by molar-refractivity contribution is 5.68. The molecule has 1 aromatic rings. The van der Waals surface area contributed by atoms with E-state index in [-0.39, 0.29) is 6.61 Å². The SMILES string of the molecule is C[n+]1ccc(OCC(=O)O)cc1. The highest BCUT2D eigenvalue weighted by Gasteiger charge is 1.99. The number of nitrogens with zero attached hydrogens (tertiary/aromatic N) is 1. The topological polar surface area (TPSA) is 50.4 Å². The van der Waals surface area contributed by atoms with Crippen molar-refractivity contribution in [3.8, 4) is 5.75 Å². The van der Waals surface area contributed by atoms with E-state index in [1.807, 2.05) is 11.6 Å². The lowest BCUT2D eigenvalue weighted by atomic mass is 10.4. The molecule has 0 aliphatic rings. The average molecular weight is 168 g/mol. The third kappa shape index (κ3) is 2.57. The number of aromatic nitrogens is 1. The zero-order valence-electron chi connectivity index (χ0n) is 6.73. The first kappa shape index (κ1) is 8.52. The summed E-state index contributed by atoms with van der Waals surface area (Å²) in [6.07, 6.45) is 3.58. The zero-order chi connectivity index (χ0) is 8.97. The van der Waals surface area contributed by atoms with Crippen LogP contribution in [0.1, 0.15) is 0 Å². The van der Waals surface area contributed by atoms with Crippen molar-refractivity contribution < 1.29 is 19.2 Å². The van der Waals surface area contributed by atoms with Crippen molar-refractivity contribution in [2.24, 2.45) is 7.05 Å². The van der Waals surface area contributed by atoms with Crippen molar-refractivity contribution >= 4 is 5.97 Å². The van der Waals surface area contributed by atoms with E-state index in [9.17, 15) is 4.79 Å². The van der Waals surface area contributed by atoms with Crippen LogP contribution in [0, 0.1) is 0 Å². The maximum Gasteiger partial charge on any atom is 0.341 e. The second-order valence-corrected chi connectivity index (χ2v) is 2.38. The van der Waals surface area contributed by atoms with Gasteiger partial charge in [-0.05, 0) is 0 Å². The third-order valence-corrected chi connectivity index (χ3v) is 1.31. The van der Waals surface area contributed by atoms with Crippen molar-refractivity contribution in [2.75, 3.05) is 6.61 Å². The molecule has 0 aliphatic heterocycles. The molecule has 12 heavy (non-hydrogen) atoms. The first-order valence-corrected chi connectivity index (χ1v) is 3.48. The normalized spacial score (nSPS) is 9.42. The fourth-order valence-electron chi connectivity index (χ4n) is 0.729. The number of pyridine rings is 1. The average Bonchev–Trinajstić information content (AvgIpc) is 2.03. The molecular weight excluding hydrogens is 158 g/mol. The minimum atomic E-state index is -0.969. The molecule has 0 spiro atoms. The Bertz CT molecular complexity index is 268. The Hall–Kier alpha value is -1.58. The van der Waals surface area contributed by atoms with E-state index in [1.165, 1.54) is 0 Å². The van der Waals surface area contributed by atoms with Crippen LogP contribution in [0.4, 0.5) is 0 Å². The fourth-order valence-corrected chi connectivity index (χ4v) is 0.729. The van der Waals surface area contributed by atoms with Crippen molar-refractivity contribution in [1.29, 1.82) is 0 Å². The molecule has 1 rings (SSSR count). The van der Waals surface area contributed by atoms with Crippen LogP contribution in [0.25, 0.3) is 0 Å². The molecule has 0 atom stereocenters. The summed E-state index contributed by atoms with van der Waals surface area (Å²) >= 11 is 0. The van der Waals surface area contributed by atoms with E-state index in [2.05, 4.69) is 0 Å². The molecular formula is C8H10NO3+.